The maximum atomic E-state index is 13.4. The van der Waals surface area contributed by atoms with Gasteiger partial charge in [-0.3, -0.25) is 10.1 Å². The van der Waals surface area contributed by atoms with Crippen LogP contribution in [-0.4, -0.2) is 14.9 Å². The lowest BCUT2D eigenvalue weighted by Gasteiger charge is -2.11. The molecule has 2 N–H and O–H groups in total. The summed E-state index contributed by atoms with van der Waals surface area (Å²) in [6.45, 7) is 0. The lowest BCUT2D eigenvalue weighted by Crippen LogP contribution is -2.06. The van der Waals surface area contributed by atoms with Crippen LogP contribution in [-0.2, 0) is 0 Å². The Morgan fingerprint density at radius 3 is 2.35 bits per heavy atom. The maximum absolute atomic E-state index is 13.4. The van der Waals surface area contributed by atoms with Gasteiger partial charge in [0.25, 0.3) is 0 Å². The molecule has 0 aliphatic carbocycles. The zero-order chi connectivity index (χ0) is 18.7. The molecule has 132 valence electrons. The Morgan fingerprint density at radius 1 is 1.00 bits per heavy atom. The molecule has 3 aromatic rings. The second-order valence-electron chi connectivity index (χ2n) is 5.04. The molecule has 0 bridgehead atoms. The van der Waals surface area contributed by atoms with Crippen molar-refractivity contribution in [3.8, 4) is 0 Å². The number of nitrogens with zero attached hydrogens (tertiary/aromatic N) is 3. The van der Waals surface area contributed by atoms with Crippen LogP contribution in [0.5, 0.6) is 0 Å². The number of benzene rings is 2. The van der Waals surface area contributed by atoms with Crippen LogP contribution >= 0.6 is 15.9 Å². The summed E-state index contributed by atoms with van der Waals surface area (Å²) in [6.07, 6.45) is 1.12. The predicted molar refractivity (Wildman–Crippen MR) is 95.8 cm³/mol. The Bertz CT molecular complexity index is 987. The quantitative estimate of drug-likeness (QED) is 0.448. The van der Waals surface area contributed by atoms with Crippen LogP contribution in [0, 0.1) is 21.7 Å². The summed E-state index contributed by atoms with van der Waals surface area (Å²) >= 11 is 3.33. The Morgan fingerprint density at radius 2 is 1.69 bits per heavy atom. The Balaban J connectivity index is 1.99. The molecule has 26 heavy (non-hydrogen) atoms. The minimum atomic E-state index is -1.08. The summed E-state index contributed by atoms with van der Waals surface area (Å²) in [6, 6.07) is 10.0. The van der Waals surface area contributed by atoms with Crippen LogP contribution in [0.4, 0.5) is 37.5 Å². The number of aromatic nitrogens is 2. The Kier molecular flexibility index (Phi) is 5.03. The third-order valence-corrected chi connectivity index (χ3v) is 4.01. The van der Waals surface area contributed by atoms with E-state index in [4.69, 9.17) is 0 Å². The second-order valence-corrected chi connectivity index (χ2v) is 5.89. The average molecular weight is 422 g/mol. The van der Waals surface area contributed by atoms with Gasteiger partial charge in [0.2, 0.25) is 11.6 Å². The summed E-state index contributed by atoms with van der Waals surface area (Å²) in [7, 11) is 0. The van der Waals surface area contributed by atoms with Crippen molar-refractivity contribution in [1.29, 1.82) is 0 Å². The van der Waals surface area contributed by atoms with Gasteiger partial charge in [-0.25, -0.2) is 18.7 Å². The van der Waals surface area contributed by atoms with Crippen molar-refractivity contribution in [3.05, 3.63) is 75.0 Å². The van der Waals surface area contributed by atoms with Crippen LogP contribution in [0.2, 0.25) is 0 Å². The highest BCUT2D eigenvalue weighted by Gasteiger charge is 2.24. The molecule has 3 rings (SSSR count). The van der Waals surface area contributed by atoms with E-state index in [0.29, 0.717) is 10.2 Å². The van der Waals surface area contributed by atoms with Gasteiger partial charge in [0.15, 0.2) is 11.6 Å². The molecule has 0 aliphatic rings. The Labute approximate surface area is 154 Å². The summed E-state index contributed by atoms with van der Waals surface area (Å²) in [4.78, 5) is 18.6. The van der Waals surface area contributed by atoms with E-state index in [2.05, 4.69) is 36.5 Å². The Hall–Kier alpha value is -3.14. The van der Waals surface area contributed by atoms with Crippen molar-refractivity contribution < 1.29 is 13.7 Å². The maximum Gasteiger partial charge on any atom is 0.353 e. The molecule has 0 saturated heterocycles. The number of nitrogens with one attached hydrogen (secondary N) is 2. The lowest BCUT2D eigenvalue weighted by molar-refractivity contribution is -0.383. The van der Waals surface area contributed by atoms with E-state index >= 15 is 0 Å². The number of para-hydroxylation sites is 1. The fourth-order valence-electron chi connectivity index (χ4n) is 2.14. The van der Waals surface area contributed by atoms with Crippen LogP contribution in [0.25, 0.3) is 0 Å². The van der Waals surface area contributed by atoms with Gasteiger partial charge in [-0.1, -0.05) is 12.1 Å². The summed E-state index contributed by atoms with van der Waals surface area (Å²) in [5, 5.41) is 17.0. The summed E-state index contributed by atoms with van der Waals surface area (Å²) < 4.78 is 27.1. The largest absolute Gasteiger partial charge is 0.353 e. The molecule has 2 aromatic carbocycles. The van der Waals surface area contributed by atoms with E-state index < -0.39 is 22.2 Å². The zero-order valence-electron chi connectivity index (χ0n) is 12.9. The third-order valence-electron chi connectivity index (χ3n) is 3.31. The monoisotopic (exact) mass is 421 g/mol. The molecule has 0 saturated carbocycles. The number of anilines is 4. The molecule has 0 aliphatic heterocycles. The first kappa shape index (κ1) is 17.7. The highest BCUT2D eigenvalue weighted by Crippen LogP contribution is 2.34. The van der Waals surface area contributed by atoms with Gasteiger partial charge in [0.1, 0.15) is 6.33 Å². The number of rotatable bonds is 5. The van der Waals surface area contributed by atoms with E-state index in [1.165, 1.54) is 6.07 Å². The predicted octanol–water partition coefficient (Wildman–Crippen LogP) is 4.91. The number of nitro groups is 1. The van der Waals surface area contributed by atoms with Crippen LogP contribution in [0.1, 0.15) is 0 Å². The van der Waals surface area contributed by atoms with Gasteiger partial charge in [-0.2, -0.15) is 0 Å². The van der Waals surface area contributed by atoms with Crippen LogP contribution < -0.4 is 10.6 Å². The molecule has 0 fully saturated rings. The first-order valence-corrected chi connectivity index (χ1v) is 7.98. The zero-order valence-corrected chi connectivity index (χ0v) is 14.5. The molecular formula is C16H10BrF2N5O2. The topological polar surface area (TPSA) is 93.0 Å². The van der Waals surface area contributed by atoms with Gasteiger partial charge >= 0.3 is 5.69 Å². The summed E-state index contributed by atoms with van der Waals surface area (Å²) in [5.74, 6) is -2.32. The van der Waals surface area contributed by atoms with Gasteiger partial charge in [0.05, 0.1) is 10.6 Å². The van der Waals surface area contributed by atoms with Crippen molar-refractivity contribution in [2.24, 2.45) is 0 Å². The minimum absolute atomic E-state index is 0.0537. The molecule has 0 radical (unpaired) electrons. The third kappa shape index (κ3) is 3.75. The molecule has 10 heteroatoms. The number of halogens is 3. The molecule has 0 unspecified atom stereocenters. The molecule has 0 amide bonds. The normalized spacial score (nSPS) is 10.4. The van der Waals surface area contributed by atoms with Crippen molar-refractivity contribution >= 4 is 44.6 Å². The van der Waals surface area contributed by atoms with Gasteiger partial charge in [-0.05, 0) is 40.2 Å². The molecule has 1 aromatic heterocycles. The van der Waals surface area contributed by atoms with Crippen LogP contribution in [0.3, 0.4) is 0 Å². The smallest absolute Gasteiger partial charge is 0.334 e. The van der Waals surface area contributed by atoms with E-state index in [0.717, 1.165) is 18.5 Å². The number of hydrogen-bond donors (Lipinski definition) is 2. The summed E-state index contributed by atoms with van der Waals surface area (Å²) in [5.41, 5.74) is 0.235. The van der Waals surface area contributed by atoms with E-state index in [-0.39, 0.29) is 17.3 Å². The second kappa shape index (κ2) is 7.40. The highest BCUT2D eigenvalue weighted by molar-refractivity contribution is 9.10. The molecule has 1 heterocycles. The fraction of sp³-hybridized carbons (Fsp3) is 0. The van der Waals surface area contributed by atoms with Crippen LogP contribution in [0.15, 0.2) is 53.3 Å². The fourth-order valence-corrected chi connectivity index (χ4v) is 2.52. The van der Waals surface area contributed by atoms with Gasteiger partial charge in [-0.15, -0.1) is 0 Å². The van der Waals surface area contributed by atoms with Crippen molar-refractivity contribution in [2.75, 3.05) is 10.6 Å². The van der Waals surface area contributed by atoms with Crippen molar-refractivity contribution in [1.82, 2.24) is 9.97 Å². The van der Waals surface area contributed by atoms with E-state index in [9.17, 15) is 18.9 Å². The van der Waals surface area contributed by atoms with Gasteiger partial charge < -0.3 is 10.6 Å². The minimum Gasteiger partial charge on any atom is -0.334 e. The van der Waals surface area contributed by atoms with E-state index in [1.807, 2.05) is 0 Å². The SMILES string of the molecule is O=[N+]([O-])c1c(Nc2ccc(F)c(F)c2)ncnc1Nc1ccccc1Br. The lowest BCUT2D eigenvalue weighted by atomic mass is 10.3. The highest BCUT2D eigenvalue weighted by atomic mass is 79.9. The number of hydrogen-bond acceptors (Lipinski definition) is 6. The van der Waals surface area contributed by atoms with E-state index in [1.54, 1.807) is 24.3 Å². The first-order chi connectivity index (χ1) is 12.5. The van der Waals surface area contributed by atoms with Gasteiger partial charge in [0, 0.05) is 16.2 Å². The molecular weight excluding hydrogens is 412 g/mol. The molecule has 7 nitrogen and oxygen atoms in total. The first-order valence-electron chi connectivity index (χ1n) is 7.18. The average Bonchev–Trinajstić information content (AvgIpc) is 2.60. The molecule has 0 spiro atoms. The van der Waals surface area contributed by atoms with Crippen molar-refractivity contribution in [3.63, 3.8) is 0 Å². The van der Waals surface area contributed by atoms with Crippen molar-refractivity contribution in [2.45, 2.75) is 0 Å². The standard InChI is InChI=1S/C16H10BrF2N5O2/c17-10-3-1-2-4-13(10)23-16-14(24(25)26)15(20-8-21-16)22-9-5-6-11(18)12(19)7-9/h1-8H,(H2,20,21,22,23). The molecule has 0 atom stereocenters.